The van der Waals surface area contributed by atoms with E-state index in [1.807, 2.05) is 37.3 Å². The molecule has 0 radical (unpaired) electrons. The van der Waals surface area contributed by atoms with Crippen LogP contribution in [0.1, 0.15) is 40.4 Å². The van der Waals surface area contributed by atoms with Crippen LogP contribution in [-0.2, 0) is 17.6 Å². The van der Waals surface area contributed by atoms with Gasteiger partial charge in [-0.25, -0.2) is 9.97 Å². The molecule has 0 amide bonds. The van der Waals surface area contributed by atoms with Crippen LogP contribution in [0.25, 0.3) is 10.2 Å². The summed E-state index contributed by atoms with van der Waals surface area (Å²) in [5.41, 5.74) is 2.12. The zero-order valence-electron chi connectivity index (χ0n) is 14.7. The van der Waals surface area contributed by atoms with Crippen LogP contribution in [0.3, 0.4) is 0 Å². The topological polar surface area (TPSA) is 63.1 Å². The number of aryl methyl sites for hydroxylation is 2. The zero-order chi connectivity index (χ0) is 18.3. The van der Waals surface area contributed by atoms with Crippen molar-refractivity contribution in [3.63, 3.8) is 0 Å². The van der Waals surface area contributed by atoms with Crippen molar-refractivity contribution in [2.75, 3.05) is 0 Å². The number of nitrogens with zero attached hydrogens (tertiary/aromatic N) is 2. The smallest absolute Gasteiger partial charge is 0.321 e. The Morgan fingerprint density at radius 2 is 2.08 bits per heavy atom. The van der Waals surface area contributed by atoms with E-state index in [1.54, 1.807) is 11.3 Å². The Kier molecular flexibility index (Phi) is 4.71. The molecular formula is C20H20N2O2S2. The lowest BCUT2D eigenvalue weighted by Crippen LogP contribution is -2.10. The van der Waals surface area contributed by atoms with Gasteiger partial charge < -0.3 is 5.11 Å². The number of rotatable bonds is 4. The highest BCUT2D eigenvalue weighted by Gasteiger charge is 2.27. The number of aromatic nitrogens is 2. The van der Waals surface area contributed by atoms with Gasteiger partial charge in [0.25, 0.3) is 0 Å². The second kappa shape index (κ2) is 7.00. The Balaban J connectivity index is 1.81. The van der Waals surface area contributed by atoms with Gasteiger partial charge in [-0.3, -0.25) is 4.79 Å². The molecule has 1 aromatic carbocycles. The fourth-order valence-corrected chi connectivity index (χ4v) is 6.13. The Morgan fingerprint density at radius 3 is 2.81 bits per heavy atom. The lowest BCUT2D eigenvalue weighted by molar-refractivity contribution is -0.136. The van der Waals surface area contributed by atoms with Gasteiger partial charge >= 0.3 is 5.97 Å². The first-order valence-electron chi connectivity index (χ1n) is 8.76. The molecule has 1 aliphatic rings. The maximum absolute atomic E-state index is 11.9. The number of hydrogen-bond donors (Lipinski definition) is 1. The van der Waals surface area contributed by atoms with E-state index in [0.29, 0.717) is 11.7 Å². The van der Waals surface area contributed by atoms with Crippen molar-refractivity contribution < 1.29 is 9.90 Å². The Hall–Kier alpha value is -1.92. The summed E-state index contributed by atoms with van der Waals surface area (Å²) >= 11 is 3.08. The number of thiophene rings is 1. The summed E-state index contributed by atoms with van der Waals surface area (Å²) in [6.07, 6.45) is 3.28. The van der Waals surface area contributed by atoms with Crippen molar-refractivity contribution in [2.24, 2.45) is 5.92 Å². The number of thioether (sulfide) groups is 1. The molecule has 2 heterocycles. The van der Waals surface area contributed by atoms with E-state index in [1.165, 1.54) is 22.2 Å². The lowest BCUT2D eigenvalue weighted by Gasteiger charge is -2.18. The highest BCUT2D eigenvalue weighted by atomic mass is 32.2. The SMILES string of the molecule is Cc1nc(SC(C(=O)O)c2ccccc2)c2c3c(sc2n1)CC(C)CC3. The Labute approximate surface area is 160 Å². The summed E-state index contributed by atoms with van der Waals surface area (Å²) in [6.45, 7) is 4.17. The van der Waals surface area contributed by atoms with Crippen LogP contribution in [0, 0.1) is 12.8 Å². The predicted octanol–water partition coefficient (Wildman–Crippen LogP) is 5.04. The average Bonchev–Trinajstić information content (AvgIpc) is 2.96. The maximum Gasteiger partial charge on any atom is 0.321 e. The maximum atomic E-state index is 11.9. The van der Waals surface area contributed by atoms with Crippen molar-refractivity contribution in [1.82, 2.24) is 9.97 Å². The van der Waals surface area contributed by atoms with Crippen molar-refractivity contribution in [2.45, 2.75) is 43.4 Å². The van der Waals surface area contributed by atoms with Gasteiger partial charge in [-0.15, -0.1) is 11.3 Å². The molecule has 2 aromatic heterocycles. The van der Waals surface area contributed by atoms with Gasteiger partial charge in [-0.1, -0.05) is 49.0 Å². The van der Waals surface area contributed by atoms with Crippen molar-refractivity contribution in [3.8, 4) is 0 Å². The fourth-order valence-electron chi connectivity index (χ4n) is 3.50. The molecule has 1 N–H and O–H groups in total. The highest BCUT2D eigenvalue weighted by Crippen LogP contribution is 2.44. The quantitative estimate of drug-likeness (QED) is 0.504. The van der Waals surface area contributed by atoms with E-state index >= 15 is 0 Å². The first-order chi connectivity index (χ1) is 12.5. The van der Waals surface area contributed by atoms with Crippen molar-refractivity contribution in [3.05, 3.63) is 52.2 Å². The summed E-state index contributed by atoms with van der Waals surface area (Å²) in [7, 11) is 0. The lowest BCUT2D eigenvalue weighted by atomic mass is 9.89. The van der Waals surface area contributed by atoms with E-state index in [4.69, 9.17) is 0 Å². The number of benzene rings is 1. The normalized spacial score (nSPS) is 17.8. The predicted molar refractivity (Wildman–Crippen MR) is 106 cm³/mol. The van der Waals surface area contributed by atoms with E-state index in [2.05, 4.69) is 16.9 Å². The number of aliphatic carboxylic acids is 1. The van der Waals surface area contributed by atoms with Crippen LogP contribution in [0.5, 0.6) is 0 Å². The molecule has 3 aromatic rings. The third kappa shape index (κ3) is 3.23. The molecule has 26 heavy (non-hydrogen) atoms. The molecule has 1 aliphatic carbocycles. The summed E-state index contributed by atoms with van der Waals surface area (Å²) in [5.74, 6) is 0.545. The highest BCUT2D eigenvalue weighted by molar-refractivity contribution is 8.00. The molecule has 0 aliphatic heterocycles. The van der Waals surface area contributed by atoms with Gasteiger partial charge in [0.2, 0.25) is 0 Å². The van der Waals surface area contributed by atoms with E-state index < -0.39 is 11.2 Å². The van der Waals surface area contributed by atoms with Crippen LogP contribution in [0.4, 0.5) is 0 Å². The number of hydrogen-bond acceptors (Lipinski definition) is 5. The molecule has 0 saturated heterocycles. The Bertz CT molecular complexity index is 969. The molecular weight excluding hydrogens is 364 g/mol. The van der Waals surface area contributed by atoms with Crippen LogP contribution >= 0.6 is 23.1 Å². The minimum atomic E-state index is -0.844. The zero-order valence-corrected chi connectivity index (χ0v) is 16.4. The van der Waals surface area contributed by atoms with Crippen LogP contribution in [0.15, 0.2) is 35.4 Å². The van der Waals surface area contributed by atoms with Gasteiger partial charge in [0, 0.05) is 10.3 Å². The first-order valence-corrected chi connectivity index (χ1v) is 10.5. The minimum absolute atomic E-state index is 0.674. The third-order valence-corrected chi connectivity index (χ3v) is 7.17. The van der Waals surface area contributed by atoms with Gasteiger partial charge in [-0.2, -0.15) is 0 Å². The summed E-state index contributed by atoms with van der Waals surface area (Å²) in [4.78, 5) is 23.6. The Morgan fingerprint density at radius 1 is 1.31 bits per heavy atom. The number of carbonyl (C=O) groups is 1. The summed E-state index contributed by atoms with van der Waals surface area (Å²) in [6, 6.07) is 9.38. The molecule has 0 saturated carbocycles. The second-order valence-corrected chi connectivity index (χ2v) is 9.03. The summed E-state index contributed by atoms with van der Waals surface area (Å²) < 4.78 is 0. The van der Waals surface area contributed by atoms with Gasteiger partial charge in [0.15, 0.2) is 0 Å². The minimum Gasteiger partial charge on any atom is -0.480 e. The van der Waals surface area contributed by atoms with Gasteiger partial charge in [-0.05, 0) is 43.2 Å². The molecule has 0 fully saturated rings. The van der Waals surface area contributed by atoms with Crippen LogP contribution in [0.2, 0.25) is 0 Å². The molecule has 134 valence electrons. The molecule has 2 atom stereocenters. The number of carboxylic acids is 1. The van der Waals surface area contributed by atoms with Gasteiger partial charge in [0.05, 0.1) is 0 Å². The second-order valence-electron chi connectivity index (χ2n) is 6.85. The van der Waals surface area contributed by atoms with E-state index in [9.17, 15) is 9.90 Å². The molecule has 0 bridgehead atoms. The van der Waals surface area contributed by atoms with Gasteiger partial charge in [0.1, 0.15) is 20.9 Å². The number of fused-ring (bicyclic) bond motifs is 3. The van der Waals surface area contributed by atoms with Crippen LogP contribution in [-0.4, -0.2) is 21.0 Å². The largest absolute Gasteiger partial charge is 0.480 e. The summed E-state index contributed by atoms with van der Waals surface area (Å²) in [5, 5.41) is 11.0. The average molecular weight is 385 g/mol. The molecule has 4 rings (SSSR count). The number of carboxylic acid groups (broad SMARTS) is 1. The van der Waals surface area contributed by atoms with Crippen LogP contribution < -0.4 is 0 Å². The third-order valence-electron chi connectivity index (χ3n) is 4.79. The van der Waals surface area contributed by atoms with Crippen molar-refractivity contribution >= 4 is 39.3 Å². The molecule has 6 heteroatoms. The van der Waals surface area contributed by atoms with Crippen molar-refractivity contribution in [1.29, 1.82) is 0 Å². The van der Waals surface area contributed by atoms with E-state index in [0.717, 1.165) is 40.1 Å². The molecule has 2 unspecified atom stereocenters. The monoisotopic (exact) mass is 384 g/mol. The molecule has 4 nitrogen and oxygen atoms in total. The fraction of sp³-hybridized carbons (Fsp3) is 0.350. The first kappa shape index (κ1) is 17.5. The van der Waals surface area contributed by atoms with E-state index in [-0.39, 0.29) is 0 Å². The standard InChI is InChI=1S/C20H20N2O2S2/c1-11-8-9-14-15(10-11)25-18-16(14)19(22-12(2)21-18)26-17(20(23)24)13-6-4-3-5-7-13/h3-7,11,17H,8-10H2,1-2H3,(H,23,24). The molecule has 0 spiro atoms.